The quantitative estimate of drug-likeness (QED) is 0.440. The Morgan fingerprint density at radius 2 is 1.67 bits per heavy atom. The zero-order chi connectivity index (χ0) is 27.0. The van der Waals surface area contributed by atoms with Crippen molar-refractivity contribution in [1.82, 2.24) is 10.2 Å². The maximum absolute atomic E-state index is 13.7. The summed E-state index contributed by atoms with van der Waals surface area (Å²) in [5.74, 6) is -0.969. The van der Waals surface area contributed by atoms with Gasteiger partial charge >= 0.3 is 6.09 Å². The van der Waals surface area contributed by atoms with Crippen LogP contribution in [0.3, 0.4) is 0 Å². The van der Waals surface area contributed by atoms with E-state index >= 15 is 0 Å². The molecule has 0 aromatic heterocycles. The molecule has 2 aromatic rings. The van der Waals surface area contributed by atoms with Gasteiger partial charge in [0.15, 0.2) is 0 Å². The number of ether oxygens (including phenoxy) is 1. The Hall–Kier alpha value is -3.55. The summed E-state index contributed by atoms with van der Waals surface area (Å²) in [7, 11) is 0. The van der Waals surface area contributed by atoms with Crippen LogP contribution in [0.15, 0.2) is 42.5 Å². The SMILES string of the molecule is CCCCN(C(=O)C(C)NC(=O)OC(C)(C)C)C(C(=O)Nc1ccccc1C)c1cccc(C)c1O. The number of aromatic hydroxyl groups is 1. The van der Waals surface area contributed by atoms with Gasteiger partial charge in [-0.15, -0.1) is 0 Å². The van der Waals surface area contributed by atoms with Crippen molar-refractivity contribution in [1.29, 1.82) is 0 Å². The average molecular weight is 498 g/mol. The number of carbonyl (C=O) groups is 3. The van der Waals surface area contributed by atoms with Gasteiger partial charge in [-0.25, -0.2) is 4.79 Å². The van der Waals surface area contributed by atoms with Crippen molar-refractivity contribution in [3.63, 3.8) is 0 Å². The van der Waals surface area contributed by atoms with Gasteiger partial charge in [0.1, 0.15) is 23.4 Å². The maximum Gasteiger partial charge on any atom is 0.408 e. The molecular formula is C28H39N3O5. The van der Waals surface area contributed by atoms with Crippen LogP contribution in [-0.2, 0) is 14.3 Å². The van der Waals surface area contributed by atoms with Gasteiger partial charge in [0, 0.05) is 17.8 Å². The third-order valence-corrected chi connectivity index (χ3v) is 5.67. The summed E-state index contributed by atoms with van der Waals surface area (Å²) in [5.41, 5.74) is 1.66. The first kappa shape index (κ1) is 28.7. The highest BCUT2D eigenvalue weighted by atomic mass is 16.6. The van der Waals surface area contributed by atoms with E-state index in [0.29, 0.717) is 23.2 Å². The minimum absolute atomic E-state index is 0.0514. The molecule has 8 heteroatoms. The number of benzene rings is 2. The first-order chi connectivity index (χ1) is 16.9. The number of hydrogen-bond donors (Lipinski definition) is 3. The molecule has 0 aliphatic heterocycles. The number of phenolic OH excluding ortho intramolecular Hbond substituents is 1. The molecular weight excluding hydrogens is 458 g/mol. The number of carbonyl (C=O) groups excluding carboxylic acids is 3. The summed E-state index contributed by atoms with van der Waals surface area (Å²) in [5, 5.41) is 16.4. The third-order valence-electron chi connectivity index (χ3n) is 5.67. The molecule has 0 heterocycles. The first-order valence-electron chi connectivity index (χ1n) is 12.3. The van der Waals surface area contributed by atoms with Gasteiger partial charge in [0.25, 0.3) is 5.91 Å². The molecule has 0 bridgehead atoms. The van der Waals surface area contributed by atoms with Gasteiger partial charge in [0.2, 0.25) is 5.91 Å². The second kappa shape index (κ2) is 12.4. The van der Waals surface area contributed by atoms with Crippen molar-refractivity contribution in [3.8, 4) is 5.75 Å². The number of nitrogens with zero attached hydrogens (tertiary/aromatic N) is 1. The number of alkyl carbamates (subject to hydrolysis) is 1. The van der Waals surface area contributed by atoms with Gasteiger partial charge in [-0.1, -0.05) is 49.7 Å². The standard InChI is InChI=1S/C28H39N3O5/c1-8-9-17-31(26(34)20(4)29-27(35)36-28(5,6)7)23(21-15-12-14-19(3)24(21)32)25(33)30-22-16-11-10-13-18(22)2/h10-16,20,23,32H,8-9,17H2,1-7H3,(H,29,35)(H,30,33). The molecule has 0 spiro atoms. The minimum Gasteiger partial charge on any atom is -0.507 e. The van der Waals surface area contributed by atoms with E-state index in [9.17, 15) is 19.5 Å². The topological polar surface area (TPSA) is 108 Å². The monoisotopic (exact) mass is 497 g/mol. The van der Waals surface area contributed by atoms with E-state index in [-0.39, 0.29) is 12.3 Å². The van der Waals surface area contributed by atoms with Crippen molar-refractivity contribution in [3.05, 3.63) is 59.2 Å². The number of unbranched alkanes of at least 4 members (excludes halogenated alkanes) is 1. The number of hydrogen-bond acceptors (Lipinski definition) is 5. The smallest absolute Gasteiger partial charge is 0.408 e. The minimum atomic E-state index is -1.12. The zero-order valence-electron chi connectivity index (χ0n) is 22.3. The van der Waals surface area contributed by atoms with Gasteiger partial charge in [0.05, 0.1) is 0 Å². The van der Waals surface area contributed by atoms with E-state index in [2.05, 4.69) is 10.6 Å². The normalized spacial score (nSPS) is 12.9. The van der Waals surface area contributed by atoms with E-state index < -0.39 is 35.6 Å². The van der Waals surface area contributed by atoms with E-state index in [4.69, 9.17) is 4.74 Å². The van der Waals surface area contributed by atoms with Crippen molar-refractivity contribution >= 4 is 23.6 Å². The number of rotatable bonds is 9. The Morgan fingerprint density at radius 3 is 2.28 bits per heavy atom. The fraction of sp³-hybridized carbons (Fsp3) is 0.464. The van der Waals surface area contributed by atoms with Crippen LogP contribution in [0.2, 0.25) is 0 Å². The summed E-state index contributed by atoms with van der Waals surface area (Å²) < 4.78 is 5.30. The van der Waals surface area contributed by atoms with Gasteiger partial charge in [-0.05, 0) is 65.2 Å². The molecule has 0 aliphatic rings. The first-order valence-corrected chi connectivity index (χ1v) is 12.3. The molecule has 2 rings (SSSR count). The van der Waals surface area contributed by atoms with E-state index in [0.717, 1.165) is 12.0 Å². The Labute approximate surface area is 214 Å². The molecule has 2 aromatic carbocycles. The van der Waals surface area contributed by atoms with Gasteiger partial charge in [-0.2, -0.15) is 0 Å². The molecule has 3 amide bonds. The van der Waals surface area contributed by atoms with Crippen molar-refractivity contribution in [2.75, 3.05) is 11.9 Å². The van der Waals surface area contributed by atoms with Crippen LogP contribution in [0.1, 0.15) is 70.2 Å². The van der Waals surface area contributed by atoms with E-state index in [1.807, 2.05) is 32.0 Å². The predicted molar refractivity (Wildman–Crippen MR) is 141 cm³/mol. The summed E-state index contributed by atoms with van der Waals surface area (Å²) in [6.07, 6.45) is 0.688. The van der Waals surface area contributed by atoms with E-state index in [1.54, 1.807) is 58.9 Å². The zero-order valence-corrected chi connectivity index (χ0v) is 22.3. The molecule has 8 nitrogen and oxygen atoms in total. The number of anilines is 1. The lowest BCUT2D eigenvalue weighted by Crippen LogP contribution is -2.51. The fourth-order valence-electron chi connectivity index (χ4n) is 3.76. The molecule has 2 atom stereocenters. The maximum atomic E-state index is 13.7. The molecule has 0 radical (unpaired) electrons. The summed E-state index contributed by atoms with van der Waals surface area (Å²) in [4.78, 5) is 41.2. The third kappa shape index (κ3) is 7.73. The predicted octanol–water partition coefficient (Wildman–Crippen LogP) is 5.23. The van der Waals surface area contributed by atoms with Gasteiger partial charge < -0.3 is 25.4 Å². The second-order valence-electron chi connectivity index (χ2n) is 9.97. The fourth-order valence-corrected chi connectivity index (χ4v) is 3.76. The number of amides is 3. The van der Waals surface area contributed by atoms with Crippen molar-refractivity contribution in [2.45, 2.75) is 79.0 Å². The Morgan fingerprint density at radius 1 is 1.03 bits per heavy atom. The highest BCUT2D eigenvalue weighted by Gasteiger charge is 2.36. The average Bonchev–Trinajstić information content (AvgIpc) is 2.78. The van der Waals surface area contributed by atoms with Crippen molar-refractivity contribution < 1.29 is 24.2 Å². The van der Waals surface area contributed by atoms with Gasteiger partial charge in [-0.3, -0.25) is 9.59 Å². The highest BCUT2D eigenvalue weighted by molar-refractivity contribution is 5.99. The molecule has 3 N–H and O–H groups in total. The Bertz CT molecular complexity index is 1080. The molecule has 36 heavy (non-hydrogen) atoms. The van der Waals surface area contributed by atoms with Crippen LogP contribution >= 0.6 is 0 Å². The van der Waals surface area contributed by atoms with Crippen LogP contribution in [0, 0.1) is 13.8 Å². The summed E-state index contributed by atoms with van der Waals surface area (Å²) in [6.45, 7) is 12.6. The summed E-state index contributed by atoms with van der Waals surface area (Å²) >= 11 is 0. The molecule has 0 saturated carbocycles. The van der Waals surface area contributed by atoms with Crippen LogP contribution < -0.4 is 10.6 Å². The lowest BCUT2D eigenvalue weighted by Gasteiger charge is -2.34. The molecule has 0 fully saturated rings. The number of para-hydroxylation sites is 2. The van der Waals surface area contributed by atoms with E-state index in [1.165, 1.54) is 4.90 Å². The lowest BCUT2D eigenvalue weighted by molar-refractivity contribution is -0.140. The van der Waals surface area contributed by atoms with Crippen LogP contribution in [0.5, 0.6) is 5.75 Å². The summed E-state index contributed by atoms with van der Waals surface area (Å²) in [6, 6.07) is 10.4. The molecule has 196 valence electrons. The number of aryl methyl sites for hydroxylation is 2. The second-order valence-corrected chi connectivity index (χ2v) is 9.97. The van der Waals surface area contributed by atoms with Crippen LogP contribution in [-0.4, -0.2) is 46.1 Å². The molecule has 0 saturated heterocycles. The number of phenols is 1. The Balaban J connectivity index is 2.49. The highest BCUT2D eigenvalue weighted by Crippen LogP contribution is 2.33. The number of nitrogens with one attached hydrogen (secondary N) is 2. The largest absolute Gasteiger partial charge is 0.507 e. The lowest BCUT2D eigenvalue weighted by atomic mass is 9.98. The molecule has 0 aliphatic carbocycles. The molecule has 2 unspecified atom stereocenters. The Kier molecular flexibility index (Phi) is 9.90. The van der Waals surface area contributed by atoms with Crippen LogP contribution in [0.25, 0.3) is 0 Å². The van der Waals surface area contributed by atoms with Crippen LogP contribution in [0.4, 0.5) is 10.5 Å². The van der Waals surface area contributed by atoms with Crippen molar-refractivity contribution in [2.24, 2.45) is 0 Å².